The van der Waals surface area contributed by atoms with Crippen molar-refractivity contribution in [3.63, 3.8) is 0 Å². The molecule has 0 radical (unpaired) electrons. The first-order valence-corrected chi connectivity index (χ1v) is 5.96. The highest BCUT2D eigenvalue weighted by Gasteiger charge is 2.20. The van der Waals surface area contributed by atoms with E-state index in [1.807, 2.05) is 0 Å². The van der Waals surface area contributed by atoms with Crippen LogP contribution in [0.4, 0.5) is 8.78 Å². The number of aliphatic hydroxyl groups excluding tert-OH is 1. The molecule has 0 bridgehead atoms. The van der Waals surface area contributed by atoms with Crippen molar-refractivity contribution in [1.29, 1.82) is 0 Å². The molecule has 0 saturated carbocycles. The largest absolute Gasteiger partial charge is 0.396 e. The van der Waals surface area contributed by atoms with Gasteiger partial charge in [-0.25, -0.2) is 8.78 Å². The molecule has 4 heteroatoms. The van der Waals surface area contributed by atoms with Crippen LogP contribution < -0.4 is 0 Å². The van der Waals surface area contributed by atoms with Gasteiger partial charge in [0.1, 0.15) is 11.6 Å². The smallest absolute Gasteiger partial charge is 0.127 e. The minimum absolute atomic E-state index is 0.169. The Morgan fingerprint density at radius 3 is 2.94 bits per heavy atom. The summed E-state index contributed by atoms with van der Waals surface area (Å²) in [6.07, 6.45) is 2.01. The Balaban J connectivity index is 2.02. The van der Waals surface area contributed by atoms with Crippen LogP contribution in [-0.4, -0.2) is 29.7 Å². The van der Waals surface area contributed by atoms with E-state index in [-0.39, 0.29) is 18.3 Å². The number of hydrogen-bond acceptors (Lipinski definition) is 2. The quantitative estimate of drug-likeness (QED) is 0.876. The molecule has 0 aromatic heterocycles. The Bertz CT molecular complexity index is 384. The second-order valence-electron chi connectivity index (χ2n) is 4.66. The summed E-state index contributed by atoms with van der Waals surface area (Å²) in [6.45, 7) is 2.22. The number of hydrogen-bond donors (Lipinski definition) is 1. The molecule has 1 atom stereocenters. The van der Waals surface area contributed by atoms with Crippen LogP contribution in [-0.2, 0) is 6.54 Å². The van der Waals surface area contributed by atoms with Crippen molar-refractivity contribution in [3.8, 4) is 0 Å². The van der Waals surface area contributed by atoms with Gasteiger partial charge in [0, 0.05) is 25.3 Å². The molecule has 1 aromatic rings. The molecule has 1 aliphatic rings. The zero-order valence-electron chi connectivity index (χ0n) is 9.70. The summed E-state index contributed by atoms with van der Waals surface area (Å²) >= 11 is 0. The average Bonchev–Trinajstić information content (AvgIpc) is 2.34. The summed E-state index contributed by atoms with van der Waals surface area (Å²) in [6, 6.07) is 3.54. The van der Waals surface area contributed by atoms with Crippen LogP contribution in [0.1, 0.15) is 18.4 Å². The molecule has 17 heavy (non-hydrogen) atoms. The van der Waals surface area contributed by atoms with Gasteiger partial charge in [-0.05, 0) is 43.5 Å². The van der Waals surface area contributed by atoms with Crippen molar-refractivity contribution in [2.45, 2.75) is 19.4 Å². The van der Waals surface area contributed by atoms with E-state index in [0.717, 1.165) is 38.1 Å². The first-order valence-electron chi connectivity index (χ1n) is 5.96. The third-order valence-corrected chi connectivity index (χ3v) is 3.26. The van der Waals surface area contributed by atoms with Crippen LogP contribution in [0.3, 0.4) is 0 Å². The van der Waals surface area contributed by atoms with E-state index in [0.29, 0.717) is 12.1 Å². The number of nitrogens with zero attached hydrogens (tertiary/aromatic N) is 1. The maximum atomic E-state index is 13.5. The summed E-state index contributed by atoms with van der Waals surface area (Å²) in [7, 11) is 0. The fourth-order valence-electron chi connectivity index (χ4n) is 2.35. The van der Waals surface area contributed by atoms with Crippen LogP contribution in [0.5, 0.6) is 0 Å². The predicted molar refractivity (Wildman–Crippen MR) is 61.4 cm³/mol. The highest BCUT2D eigenvalue weighted by atomic mass is 19.1. The van der Waals surface area contributed by atoms with Crippen LogP contribution in [0.2, 0.25) is 0 Å². The number of halogens is 2. The summed E-state index contributed by atoms with van der Waals surface area (Å²) < 4.78 is 26.5. The molecule has 2 nitrogen and oxygen atoms in total. The average molecular weight is 241 g/mol. The molecule has 1 saturated heterocycles. The summed E-state index contributed by atoms with van der Waals surface area (Å²) in [5, 5.41) is 9.11. The Hall–Kier alpha value is -1.00. The topological polar surface area (TPSA) is 23.5 Å². The molecule has 2 rings (SSSR count). The van der Waals surface area contributed by atoms with Gasteiger partial charge in [-0.2, -0.15) is 0 Å². The van der Waals surface area contributed by atoms with E-state index in [9.17, 15) is 8.78 Å². The number of piperidine rings is 1. The minimum atomic E-state index is -0.405. The molecule has 0 unspecified atom stereocenters. The molecule has 94 valence electrons. The lowest BCUT2D eigenvalue weighted by atomic mass is 9.98. The van der Waals surface area contributed by atoms with E-state index in [1.54, 1.807) is 0 Å². The third-order valence-electron chi connectivity index (χ3n) is 3.26. The minimum Gasteiger partial charge on any atom is -0.396 e. The van der Waals surface area contributed by atoms with Gasteiger partial charge in [-0.1, -0.05) is 0 Å². The number of aliphatic hydroxyl groups is 1. The summed E-state index contributed by atoms with van der Waals surface area (Å²) in [5.74, 6) is -0.505. The molecule has 1 N–H and O–H groups in total. The van der Waals surface area contributed by atoms with Gasteiger partial charge in [0.05, 0.1) is 0 Å². The zero-order chi connectivity index (χ0) is 12.3. The summed E-state index contributed by atoms with van der Waals surface area (Å²) in [5.41, 5.74) is 0.392. The highest BCUT2D eigenvalue weighted by Crippen LogP contribution is 2.19. The van der Waals surface area contributed by atoms with Gasteiger partial charge in [0.2, 0.25) is 0 Å². The first-order chi connectivity index (χ1) is 8.19. The number of benzene rings is 1. The molecular formula is C13H17F2NO. The Kier molecular flexibility index (Phi) is 4.07. The van der Waals surface area contributed by atoms with Crippen molar-refractivity contribution in [2.75, 3.05) is 19.7 Å². The normalized spacial score (nSPS) is 21.7. The van der Waals surface area contributed by atoms with Gasteiger partial charge in [-0.15, -0.1) is 0 Å². The van der Waals surface area contributed by atoms with Gasteiger partial charge in [-0.3, -0.25) is 4.90 Å². The van der Waals surface area contributed by atoms with E-state index in [1.165, 1.54) is 6.07 Å². The van der Waals surface area contributed by atoms with Crippen LogP contribution in [0.15, 0.2) is 18.2 Å². The molecule has 1 aromatic carbocycles. The lowest BCUT2D eigenvalue weighted by Crippen LogP contribution is -2.36. The van der Waals surface area contributed by atoms with Crippen molar-refractivity contribution in [3.05, 3.63) is 35.4 Å². The molecule has 0 spiro atoms. The van der Waals surface area contributed by atoms with E-state index >= 15 is 0 Å². The van der Waals surface area contributed by atoms with Crippen LogP contribution in [0.25, 0.3) is 0 Å². The van der Waals surface area contributed by atoms with Gasteiger partial charge >= 0.3 is 0 Å². The van der Waals surface area contributed by atoms with Crippen molar-refractivity contribution >= 4 is 0 Å². The zero-order valence-corrected chi connectivity index (χ0v) is 9.70. The second kappa shape index (κ2) is 5.56. The van der Waals surface area contributed by atoms with Crippen molar-refractivity contribution in [1.82, 2.24) is 4.90 Å². The van der Waals surface area contributed by atoms with Gasteiger partial charge in [0.25, 0.3) is 0 Å². The maximum Gasteiger partial charge on any atom is 0.127 e. The van der Waals surface area contributed by atoms with Crippen molar-refractivity contribution < 1.29 is 13.9 Å². The maximum absolute atomic E-state index is 13.5. The van der Waals surface area contributed by atoms with E-state index in [4.69, 9.17) is 5.11 Å². The Labute approximate surface area is 99.9 Å². The van der Waals surface area contributed by atoms with Crippen LogP contribution >= 0.6 is 0 Å². The molecule has 0 amide bonds. The Morgan fingerprint density at radius 2 is 2.18 bits per heavy atom. The Morgan fingerprint density at radius 1 is 1.35 bits per heavy atom. The fraction of sp³-hybridized carbons (Fsp3) is 0.538. The lowest BCUT2D eigenvalue weighted by molar-refractivity contribution is 0.115. The fourth-order valence-corrected chi connectivity index (χ4v) is 2.35. The molecular weight excluding hydrogens is 224 g/mol. The number of rotatable bonds is 3. The predicted octanol–water partition coefficient (Wildman–Crippen LogP) is 2.17. The van der Waals surface area contributed by atoms with Gasteiger partial charge in [0.15, 0.2) is 0 Å². The first kappa shape index (κ1) is 12.5. The van der Waals surface area contributed by atoms with Gasteiger partial charge < -0.3 is 5.11 Å². The third kappa shape index (κ3) is 3.23. The van der Waals surface area contributed by atoms with Crippen LogP contribution in [0, 0.1) is 17.6 Å². The monoisotopic (exact) mass is 241 g/mol. The molecule has 1 fully saturated rings. The lowest BCUT2D eigenvalue weighted by Gasteiger charge is -2.31. The van der Waals surface area contributed by atoms with Crippen molar-refractivity contribution in [2.24, 2.45) is 5.92 Å². The standard InChI is InChI=1S/C13H17F2NO/c14-12-3-4-13(15)11(6-12)8-16-5-1-2-10(7-16)9-17/h3-4,6,10,17H,1-2,5,7-9H2/t10-/m0/s1. The SMILES string of the molecule is OC[C@H]1CCCN(Cc2cc(F)ccc2F)C1. The molecule has 0 aliphatic carbocycles. The summed E-state index contributed by atoms with van der Waals surface area (Å²) in [4.78, 5) is 2.07. The molecule has 1 heterocycles. The van der Waals surface area contributed by atoms with E-state index in [2.05, 4.69) is 4.90 Å². The molecule has 1 aliphatic heterocycles. The second-order valence-corrected chi connectivity index (χ2v) is 4.66. The highest BCUT2D eigenvalue weighted by molar-refractivity contribution is 5.18. The number of likely N-dealkylation sites (tertiary alicyclic amines) is 1. The van der Waals surface area contributed by atoms with E-state index < -0.39 is 5.82 Å².